The van der Waals surface area contributed by atoms with Gasteiger partial charge in [-0.05, 0) is 43.0 Å². The molecule has 1 aromatic heterocycles. The minimum absolute atomic E-state index is 0.0508. The molecule has 3 atom stereocenters. The van der Waals surface area contributed by atoms with Gasteiger partial charge in [0.2, 0.25) is 11.8 Å². The first-order valence-corrected chi connectivity index (χ1v) is 8.98. The van der Waals surface area contributed by atoms with E-state index >= 15 is 0 Å². The molecule has 24 heavy (non-hydrogen) atoms. The van der Waals surface area contributed by atoms with Gasteiger partial charge in [-0.25, -0.2) is 14.3 Å². The summed E-state index contributed by atoms with van der Waals surface area (Å²) in [6.07, 6.45) is -0.578. The van der Waals surface area contributed by atoms with Gasteiger partial charge in [0, 0.05) is 29.7 Å². The van der Waals surface area contributed by atoms with E-state index in [1.54, 1.807) is 5.48 Å². The van der Waals surface area contributed by atoms with Crippen molar-refractivity contribution >= 4 is 17.2 Å². The van der Waals surface area contributed by atoms with Crippen LogP contribution in [0.15, 0.2) is 17.5 Å². The lowest BCUT2D eigenvalue weighted by Crippen LogP contribution is -2.43. The van der Waals surface area contributed by atoms with Crippen LogP contribution in [0.1, 0.15) is 37.0 Å². The van der Waals surface area contributed by atoms with Gasteiger partial charge in [-0.3, -0.25) is 10.0 Å². The summed E-state index contributed by atoms with van der Waals surface area (Å²) in [6, 6.07) is 3.25. The number of aliphatic hydroxyl groups excluding tert-OH is 1. The Kier molecular flexibility index (Phi) is 6.68. The molecule has 1 aliphatic carbocycles. The molecule has 1 fully saturated rings. The van der Waals surface area contributed by atoms with E-state index in [4.69, 9.17) is 10.9 Å². The highest BCUT2D eigenvalue weighted by molar-refractivity contribution is 7.09. The molecule has 5 N–H and O–H groups in total. The third kappa shape index (κ3) is 5.20. The van der Waals surface area contributed by atoms with Gasteiger partial charge in [0.15, 0.2) is 0 Å². The number of alkyl halides is 2. The minimum atomic E-state index is -2.69. The lowest BCUT2D eigenvalue weighted by atomic mass is 9.75. The van der Waals surface area contributed by atoms with E-state index in [2.05, 4.69) is 0 Å². The Morgan fingerprint density at radius 2 is 2.12 bits per heavy atom. The zero-order valence-electron chi connectivity index (χ0n) is 13.3. The van der Waals surface area contributed by atoms with Gasteiger partial charge >= 0.3 is 0 Å². The van der Waals surface area contributed by atoms with E-state index in [0.717, 1.165) is 4.88 Å². The van der Waals surface area contributed by atoms with Crippen LogP contribution in [0.5, 0.6) is 0 Å². The zero-order valence-corrected chi connectivity index (χ0v) is 14.1. The van der Waals surface area contributed by atoms with Crippen molar-refractivity contribution in [1.29, 1.82) is 0 Å². The largest absolute Gasteiger partial charge is 0.391 e. The molecule has 1 amide bonds. The fraction of sp³-hybridized carbons (Fsp3) is 0.688. The van der Waals surface area contributed by atoms with E-state index in [9.17, 15) is 18.7 Å². The number of carbonyl (C=O) groups is 1. The second kappa shape index (κ2) is 8.33. The summed E-state index contributed by atoms with van der Waals surface area (Å²) in [5, 5.41) is 21.2. The number of hydrogen-bond acceptors (Lipinski definition) is 5. The van der Waals surface area contributed by atoms with Crippen LogP contribution in [-0.2, 0) is 11.2 Å². The Bertz CT molecular complexity index is 517. The molecule has 2 rings (SSSR count). The second-order valence-corrected chi connectivity index (χ2v) is 7.56. The Labute approximate surface area is 143 Å². The molecule has 0 aliphatic heterocycles. The second-order valence-electron chi connectivity index (χ2n) is 6.53. The molecule has 0 bridgehead atoms. The summed E-state index contributed by atoms with van der Waals surface area (Å²) in [5.74, 6) is -4.35. The number of carbonyl (C=O) groups excluding carboxylic acids is 1. The van der Waals surface area contributed by atoms with Gasteiger partial charge in [0.25, 0.3) is 0 Å². The van der Waals surface area contributed by atoms with Crippen molar-refractivity contribution in [2.45, 2.75) is 56.6 Å². The molecule has 1 saturated carbocycles. The van der Waals surface area contributed by atoms with Gasteiger partial charge in [-0.2, -0.15) is 0 Å². The fourth-order valence-corrected chi connectivity index (χ4v) is 4.07. The number of rotatable bonds is 7. The van der Waals surface area contributed by atoms with Crippen LogP contribution in [0.3, 0.4) is 0 Å². The Hall–Kier alpha value is -1.09. The maximum absolute atomic E-state index is 13.3. The van der Waals surface area contributed by atoms with Gasteiger partial charge in [-0.15, -0.1) is 11.3 Å². The monoisotopic (exact) mass is 362 g/mol. The van der Waals surface area contributed by atoms with Crippen LogP contribution in [-0.4, -0.2) is 34.3 Å². The lowest BCUT2D eigenvalue weighted by Gasteiger charge is -2.34. The van der Waals surface area contributed by atoms with Crippen molar-refractivity contribution < 1.29 is 23.9 Å². The summed E-state index contributed by atoms with van der Waals surface area (Å²) in [4.78, 5) is 13.0. The number of amides is 1. The molecule has 136 valence electrons. The number of halogens is 2. The summed E-state index contributed by atoms with van der Waals surface area (Å²) < 4.78 is 26.6. The summed E-state index contributed by atoms with van der Waals surface area (Å²) in [6.45, 7) is 0. The van der Waals surface area contributed by atoms with Crippen molar-refractivity contribution in [2.24, 2.45) is 17.6 Å². The van der Waals surface area contributed by atoms with E-state index in [-0.39, 0.29) is 38.0 Å². The number of hydroxylamine groups is 1. The Morgan fingerprint density at radius 1 is 1.46 bits per heavy atom. The number of thiophene rings is 1. The third-order valence-electron chi connectivity index (χ3n) is 4.78. The van der Waals surface area contributed by atoms with Gasteiger partial charge in [-0.1, -0.05) is 6.07 Å². The average Bonchev–Trinajstić information content (AvgIpc) is 3.05. The van der Waals surface area contributed by atoms with Gasteiger partial charge in [0.1, 0.15) is 0 Å². The first kappa shape index (κ1) is 19.2. The minimum Gasteiger partial charge on any atom is -0.391 e. The van der Waals surface area contributed by atoms with Crippen molar-refractivity contribution in [3.63, 3.8) is 0 Å². The SMILES string of the molecule is NC(Cc1cccs1)C(O)CC(C(=O)NO)C1CCC(F)(F)CC1. The van der Waals surface area contributed by atoms with Crippen LogP contribution in [0.4, 0.5) is 8.78 Å². The number of nitrogens with two attached hydrogens (primary N) is 1. The van der Waals surface area contributed by atoms with Crippen molar-refractivity contribution in [2.75, 3.05) is 0 Å². The number of nitrogens with one attached hydrogen (secondary N) is 1. The van der Waals surface area contributed by atoms with E-state index < -0.39 is 29.9 Å². The van der Waals surface area contributed by atoms with Crippen LogP contribution >= 0.6 is 11.3 Å². The third-order valence-corrected chi connectivity index (χ3v) is 5.68. The standard InChI is InChI=1S/C16H24F2N2O3S/c17-16(18)5-3-10(4-6-16)12(15(22)20-23)9-14(21)13(19)8-11-2-1-7-24-11/h1-2,7,10,12-14,21,23H,3-6,8-9,19H2,(H,20,22). The summed E-state index contributed by atoms with van der Waals surface area (Å²) in [5.41, 5.74) is 7.61. The van der Waals surface area contributed by atoms with E-state index in [1.165, 1.54) is 11.3 Å². The lowest BCUT2D eigenvalue weighted by molar-refractivity contribution is -0.139. The maximum atomic E-state index is 13.3. The molecule has 0 radical (unpaired) electrons. The smallest absolute Gasteiger partial charge is 0.248 e. The van der Waals surface area contributed by atoms with E-state index in [1.807, 2.05) is 17.5 Å². The molecule has 0 saturated heterocycles. The number of aliphatic hydroxyl groups is 1. The molecule has 0 aromatic carbocycles. The predicted molar refractivity (Wildman–Crippen MR) is 86.9 cm³/mol. The first-order valence-electron chi connectivity index (χ1n) is 8.10. The first-order chi connectivity index (χ1) is 11.3. The van der Waals surface area contributed by atoms with Crippen molar-refractivity contribution in [3.8, 4) is 0 Å². The van der Waals surface area contributed by atoms with E-state index in [0.29, 0.717) is 6.42 Å². The Balaban J connectivity index is 1.96. The molecular formula is C16H24F2N2O3S. The zero-order chi connectivity index (χ0) is 17.7. The normalized spacial score (nSPS) is 21.9. The Morgan fingerprint density at radius 3 is 2.67 bits per heavy atom. The maximum Gasteiger partial charge on any atom is 0.248 e. The number of hydrogen-bond donors (Lipinski definition) is 4. The van der Waals surface area contributed by atoms with Gasteiger partial charge < -0.3 is 10.8 Å². The van der Waals surface area contributed by atoms with Crippen LogP contribution in [0.25, 0.3) is 0 Å². The molecule has 5 nitrogen and oxygen atoms in total. The van der Waals surface area contributed by atoms with Gasteiger partial charge in [0.05, 0.1) is 6.10 Å². The van der Waals surface area contributed by atoms with Crippen LogP contribution < -0.4 is 11.2 Å². The fourth-order valence-electron chi connectivity index (χ4n) is 3.29. The molecule has 1 aromatic rings. The summed E-state index contributed by atoms with van der Waals surface area (Å²) in [7, 11) is 0. The molecule has 0 spiro atoms. The molecule has 1 heterocycles. The highest BCUT2D eigenvalue weighted by atomic mass is 32.1. The quantitative estimate of drug-likeness (QED) is 0.442. The van der Waals surface area contributed by atoms with Crippen molar-refractivity contribution in [1.82, 2.24) is 5.48 Å². The summed E-state index contributed by atoms with van der Waals surface area (Å²) >= 11 is 1.53. The topological polar surface area (TPSA) is 95.6 Å². The highest BCUT2D eigenvalue weighted by Gasteiger charge is 2.40. The van der Waals surface area contributed by atoms with Crippen LogP contribution in [0, 0.1) is 11.8 Å². The molecule has 1 aliphatic rings. The average molecular weight is 362 g/mol. The van der Waals surface area contributed by atoms with Crippen molar-refractivity contribution in [3.05, 3.63) is 22.4 Å². The highest BCUT2D eigenvalue weighted by Crippen LogP contribution is 2.40. The molecule has 3 unspecified atom stereocenters. The molecular weight excluding hydrogens is 338 g/mol. The van der Waals surface area contributed by atoms with Crippen LogP contribution in [0.2, 0.25) is 0 Å². The predicted octanol–water partition coefficient (Wildman–Crippen LogP) is 2.32. The molecule has 8 heteroatoms.